The van der Waals surface area contributed by atoms with E-state index in [0.29, 0.717) is 13.0 Å². The minimum atomic E-state index is 0. The van der Waals surface area contributed by atoms with E-state index >= 15 is 0 Å². The maximum atomic E-state index is 11.5. The summed E-state index contributed by atoms with van der Waals surface area (Å²) in [6.07, 6.45) is 18.3. The normalized spacial score (nSPS) is 10.3. The van der Waals surface area contributed by atoms with Crippen LogP contribution in [0, 0.1) is 0 Å². The second-order valence-electron chi connectivity index (χ2n) is 6.21. The molecule has 0 aromatic rings. The molecule has 0 bridgehead atoms. The first-order chi connectivity index (χ1) is 10.3. The van der Waals surface area contributed by atoms with Gasteiger partial charge in [0.1, 0.15) is 0 Å². The summed E-state index contributed by atoms with van der Waals surface area (Å²) in [5.41, 5.74) is 0. The van der Waals surface area contributed by atoms with Gasteiger partial charge in [0.15, 0.2) is 0 Å². The molecule has 0 rings (SSSR count). The van der Waals surface area contributed by atoms with Crippen molar-refractivity contribution in [2.75, 3.05) is 6.61 Å². The van der Waals surface area contributed by atoms with Crippen molar-refractivity contribution in [1.29, 1.82) is 0 Å². The summed E-state index contributed by atoms with van der Waals surface area (Å²) in [5, 5.41) is 0. The molecule has 134 valence electrons. The summed E-state index contributed by atoms with van der Waals surface area (Å²) >= 11 is 0. The zero-order valence-corrected chi connectivity index (χ0v) is 15.3. The van der Waals surface area contributed by atoms with Crippen molar-refractivity contribution >= 4 is 5.97 Å². The Bertz CT molecular complexity index is 219. The molecule has 0 atom stereocenters. The molecule has 0 aliphatic rings. The molecule has 0 radical (unpaired) electrons. The lowest BCUT2D eigenvalue weighted by atomic mass is 10.1. The number of hydrogen-bond donors (Lipinski definition) is 1. The monoisotopic (exact) mass is 315 g/mol. The number of carbonyl (C=O) groups is 1. The van der Waals surface area contributed by atoms with Crippen LogP contribution >= 0.6 is 0 Å². The van der Waals surface area contributed by atoms with Gasteiger partial charge >= 0.3 is 5.97 Å². The minimum Gasteiger partial charge on any atom is -0.466 e. The Morgan fingerprint density at radius 2 is 1.05 bits per heavy atom. The summed E-state index contributed by atoms with van der Waals surface area (Å²) in [4.78, 5) is 11.5. The van der Waals surface area contributed by atoms with E-state index in [1.54, 1.807) is 0 Å². The molecule has 3 N–H and O–H groups in total. The highest BCUT2D eigenvalue weighted by molar-refractivity contribution is 5.69. The topological polar surface area (TPSA) is 61.3 Å². The average molecular weight is 316 g/mol. The fourth-order valence-electron chi connectivity index (χ4n) is 2.54. The lowest BCUT2D eigenvalue weighted by Crippen LogP contribution is -2.05. The summed E-state index contributed by atoms with van der Waals surface area (Å²) < 4.78 is 5.28. The van der Waals surface area contributed by atoms with E-state index in [9.17, 15) is 4.79 Å². The van der Waals surface area contributed by atoms with Crippen LogP contribution in [0.15, 0.2) is 0 Å². The first kappa shape index (κ1) is 23.7. The molecule has 0 amide bonds. The van der Waals surface area contributed by atoms with Crippen LogP contribution in [0.25, 0.3) is 0 Å². The van der Waals surface area contributed by atoms with Crippen molar-refractivity contribution in [1.82, 2.24) is 6.15 Å². The number of hydrogen-bond acceptors (Lipinski definition) is 3. The van der Waals surface area contributed by atoms with Crippen LogP contribution in [-0.2, 0) is 9.53 Å². The molecule has 0 fully saturated rings. The molecule has 3 heteroatoms. The van der Waals surface area contributed by atoms with Gasteiger partial charge < -0.3 is 10.9 Å². The molecule has 22 heavy (non-hydrogen) atoms. The standard InChI is InChI=1S/C19H38O2.H3N/c1-3-5-7-9-11-12-14-16-18-21-19(20)17-15-13-10-8-6-4-2;/h3-18H2,1-2H3;1H3. The third-order valence-electron chi connectivity index (χ3n) is 4.00. The maximum absolute atomic E-state index is 11.5. The van der Waals surface area contributed by atoms with E-state index in [4.69, 9.17) is 4.74 Å². The number of carbonyl (C=O) groups excluding carboxylic acids is 1. The zero-order valence-electron chi connectivity index (χ0n) is 15.3. The largest absolute Gasteiger partial charge is 0.466 e. The van der Waals surface area contributed by atoms with Gasteiger partial charge in [-0.1, -0.05) is 90.9 Å². The maximum Gasteiger partial charge on any atom is 0.305 e. The van der Waals surface area contributed by atoms with E-state index < -0.39 is 0 Å². The van der Waals surface area contributed by atoms with Crippen LogP contribution in [0.1, 0.15) is 110 Å². The van der Waals surface area contributed by atoms with Gasteiger partial charge in [0.25, 0.3) is 0 Å². The highest BCUT2D eigenvalue weighted by Crippen LogP contribution is 2.09. The summed E-state index contributed by atoms with van der Waals surface area (Å²) in [5.74, 6) is 0.00781. The first-order valence-electron chi connectivity index (χ1n) is 9.46. The second-order valence-corrected chi connectivity index (χ2v) is 6.21. The van der Waals surface area contributed by atoms with Gasteiger partial charge in [-0.25, -0.2) is 0 Å². The molecule has 0 heterocycles. The van der Waals surface area contributed by atoms with Gasteiger partial charge in [-0.15, -0.1) is 0 Å². The third-order valence-corrected chi connectivity index (χ3v) is 4.00. The van der Waals surface area contributed by atoms with Crippen LogP contribution < -0.4 is 6.15 Å². The minimum absolute atomic E-state index is 0. The van der Waals surface area contributed by atoms with Crippen LogP contribution in [0.3, 0.4) is 0 Å². The third kappa shape index (κ3) is 19.4. The van der Waals surface area contributed by atoms with Crippen molar-refractivity contribution < 1.29 is 9.53 Å². The Labute approximate surface area is 139 Å². The fourth-order valence-corrected chi connectivity index (χ4v) is 2.54. The highest BCUT2D eigenvalue weighted by Gasteiger charge is 2.02. The van der Waals surface area contributed by atoms with Crippen molar-refractivity contribution in [3.63, 3.8) is 0 Å². The van der Waals surface area contributed by atoms with Gasteiger partial charge in [-0.05, 0) is 12.8 Å². The van der Waals surface area contributed by atoms with Crippen LogP contribution in [0.5, 0.6) is 0 Å². The molecule has 0 saturated heterocycles. The van der Waals surface area contributed by atoms with E-state index in [0.717, 1.165) is 12.8 Å². The quantitative estimate of drug-likeness (QED) is 0.258. The molecule has 0 aliphatic carbocycles. The molecular weight excluding hydrogens is 274 g/mol. The van der Waals surface area contributed by atoms with Gasteiger partial charge in [-0.2, -0.15) is 0 Å². The predicted octanol–water partition coefficient (Wildman–Crippen LogP) is 6.58. The van der Waals surface area contributed by atoms with Crippen LogP contribution in [0.2, 0.25) is 0 Å². The summed E-state index contributed by atoms with van der Waals surface area (Å²) in [6, 6.07) is 0. The Balaban J connectivity index is 0. The number of ether oxygens (including phenoxy) is 1. The highest BCUT2D eigenvalue weighted by atomic mass is 16.5. The molecule has 0 aliphatic heterocycles. The molecule has 0 aromatic carbocycles. The molecule has 0 unspecified atom stereocenters. The number of esters is 1. The van der Waals surface area contributed by atoms with Crippen molar-refractivity contribution in [2.24, 2.45) is 0 Å². The Morgan fingerprint density at radius 1 is 0.636 bits per heavy atom. The Kier molecular flexibility index (Phi) is 22.0. The zero-order chi connectivity index (χ0) is 15.6. The van der Waals surface area contributed by atoms with E-state index in [1.165, 1.54) is 77.0 Å². The van der Waals surface area contributed by atoms with Crippen LogP contribution in [0.4, 0.5) is 0 Å². The van der Waals surface area contributed by atoms with Crippen molar-refractivity contribution in [3.05, 3.63) is 0 Å². The molecule has 0 spiro atoms. The van der Waals surface area contributed by atoms with Crippen molar-refractivity contribution in [3.8, 4) is 0 Å². The molecule has 0 saturated carbocycles. The number of rotatable bonds is 16. The molecule has 0 aromatic heterocycles. The second kappa shape index (κ2) is 20.4. The Hall–Kier alpha value is -0.570. The van der Waals surface area contributed by atoms with Crippen molar-refractivity contribution in [2.45, 2.75) is 110 Å². The lowest BCUT2D eigenvalue weighted by Gasteiger charge is -2.05. The predicted molar refractivity (Wildman–Crippen MR) is 96.6 cm³/mol. The van der Waals surface area contributed by atoms with E-state index in [2.05, 4.69) is 13.8 Å². The summed E-state index contributed by atoms with van der Waals surface area (Å²) in [6.45, 7) is 5.10. The van der Waals surface area contributed by atoms with Gasteiger partial charge in [0.2, 0.25) is 0 Å². The average Bonchev–Trinajstić information content (AvgIpc) is 2.49. The lowest BCUT2D eigenvalue weighted by molar-refractivity contribution is -0.143. The van der Waals surface area contributed by atoms with E-state index in [-0.39, 0.29) is 12.1 Å². The first-order valence-corrected chi connectivity index (χ1v) is 9.46. The van der Waals surface area contributed by atoms with Crippen LogP contribution in [-0.4, -0.2) is 12.6 Å². The number of unbranched alkanes of at least 4 members (excludes halogenated alkanes) is 12. The SMILES string of the molecule is CCCCCCCCCCOC(=O)CCCCCCCC.N. The fraction of sp³-hybridized carbons (Fsp3) is 0.947. The van der Waals surface area contributed by atoms with Gasteiger partial charge in [0.05, 0.1) is 6.61 Å². The smallest absolute Gasteiger partial charge is 0.305 e. The Morgan fingerprint density at radius 3 is 1.55 bits per heavy atom. The van der Waals surface area contributed by atoms with Gasteiger partial charge in [-0.3, -0.25) is 4.79 Å². The molecular formula is C19H41NO2. The van der Waals surface area contributed by atoms with E-state index in [1.807, 2.05) is 0 Å². The summed E-state index contributed by atoms with van der Waals surface area (Å²) in [7, 11) is 0. The van der Waals surface area contributed by atoms with Gasteiger partial charge in [0, 0.05) is 6.42 Å². The molecule has 3 nitrogen and oxygen atoms in total.